The number of fused-ring (bicyclic) bond motifs is 5. The summed E-state index contributed by atoms with van der Waals surface area (Å²) in [4.78, 5) is 0. The molecule has 7 nitrogen and oxygen atoms in total. The fourth-order valence-corrected chi connectivity index (χ4v) is 13.3. The number of rotatable bonds is 4. The predicted octanol–water partition coefficient (Wildman–Crippen LogP) is 5.23. The molecule has 6 rings (SSSR count). The summed E-state index contributed by atoms with van der Waals surface area (Å²) in [5, 5.41) is 53.7. The molecule has 1 heterocycles. The van der Waals surface area contributed by atoms with Crippen LogP contribution in [0.5, 0.6) is 0 Å². The predicted molar refractivity (Wildman–Crippen MR) is 170 cm³/mol. The number of ether oxygens (including phenoxy) is 2. The van der Waals surface area contributed by atoms with Gasteiger partial charge in [-0.15, -0.1) is 0 Å². The van der Waals surface area contributed by atoms with Crippen molar-refractivity contribution in [2.45, 2.75) is 174 Å². The quantitative estimate of drug-likeness (QED) is 0.292. The lowest BCUT2D eigenvalue weighted by molar-refractivity contribution is -0.269. The van der Waals surface area contributed by atoms with Gasteiger partial charge in [-0.25, -0.2) is 0 Å². The third-order valence-electron chi connectivity index (χ3n) is 15.7. The third-order valence-corrected chi connectivity index (χ3v) is 15.7. The van der Waals surface area contributed by atoms with Crippen LogP contribution >= 0.6 is 0 Å². The Bertz CT molecular complexity index is 1080. The molecule has 0 bridgehead atoms. The van der Waals surface area contributed by atoms with E-state index >= 15 is 0 Å². The van der Waals surface area contributed by atoms with Crippen molar-refractivity contribution in [2.24, 2.45) is 51.2 Å². The molecular weight excluding hydrogens is 556 g/mol. The molecule has 0 aromatic carbocycles. The van der Waals surface area contributed by atoms with Gasteiger partial charge in [0.2, 0.25) is 0 Å². The molecule has 7 heteroatoms. The summed E-state index contributed by atoms with van der Waals surface area (Å²) >= 11 is 0. The maximum atomic E-state index is 12.2. The highest BCUT2D eigenvalue weighted by atomic mass is 16.5. The Morgan fingerprint density at radius 3 is 2.05 bits per heavy atom. The molecule has 0 spiro atoms. The van der Waals surface area contributed by atoms with Crippen LogP contribution in [-0.2, 0) is 9.47 Å². The number of aliphatic hydroxyl groups is 5. The molecule has 15 unspecified atom stereocenters. The Hall–Kier alpha value is -0.280. The van der Waals surface area contributed by atoms with Crippen LogP contribution in [0, 0.1) is 51.2 Å². The Balaban J connectivity index is 1.25. The summed E-state index contributed by atoms with van der Waals surface area (Å²) in [6, 6.07) is 0. The van der Waals surface area contributed by atoms with Crippen LogP contribution in [0.15, 0.2) is 0 Å². The SMILES string of the molecule is CC1(C)CCCC(C)(C2CCC3(C)C2C(O)CC2C4(C)CCC(OC5CC(CO)C(O)C(O)C5O)C(C)(C)C4CCC23C)O1. The van der Waals surface area contributed by atoms with E-state index in [0.717, 1.165) is 57.8 Å². The average molecular weight is 621 g/mol. The second-order valence-electron chi connectivity index (χ2n) is 18.7. The van der Waals surface area contributed by atoms with Gasteiger partial charge >= 0.3 is 0 Å². The Labute approximate surface area is 266 Å². The number of hydrogen-bond acceptors (Lipinski definition) is 7. The number of aliphatic hydroxyl groups excluding tert-OH is 5. The van der Waals surface area contributed by atoms with Crippen molar-refractivity contribution >= 4 is 0 Å². The van der Waals surface area contributed by atoms with E-state index in [9.17, 15) is 25.5 Å². The van der Waals surface area contributed by atoms with Gasteiger partial charge in [0, 0.05) is 12.5 Å². The number of hydrogen-bond donors (Lipinski definition) is 5. The van der Waals surface area contributed by atoms with Crippen molar-refractivity contribution in [1.29, 1.82) is 0 Å². The summed E-state index contributed by atoms with van der Waals surface area (Å²) in [7, 11) is 0. The highest BCUT2D eigenvalue weighted by Gasteiger charge is 2.72. The minimum absolute atomic E-state index is 0.0575. The van der Waals surface area contributed by atoms with E-state index < -0.39 is 30.3 Å². The summed E-state index contributed by atoms with van der Waals surface area (Å²) in [5.41, 5.74) is -0.211. The van der Waals surface area contributed by atoms with Crippen molar-refractivity contribution in [2.75, 3.05) is 6.61 Å². The van der Waals surface area contributed by atoms with E-state index in [-0.39, 0.29) is 57.6 Å². The molecular formula is C37H64O7. The fourth-order valence-electron chi connectivity index (χ4n) is 13.3. The van der Waals surface area contributed by atoms with E-state index in [1.165, 1.54) is 6.42 Å². The lowest BCUT2D eigenvalue weighted by Gasteiger charge is -2.71. The maximum absolute atomic E-state index is 12.2. The van der Waals surface area contributed by atoms with Crippen molar-refractivity contribution in [3.05, 3.63) is 0 Å². The van der Waals surface area contributed by atoms with Crippen LogP contribution in [0.25, 0.3) is 0 Å². The Morgan fingerprint density at radius 1 is 0.705 bits per heavy atom. The third kappa shape index (κ3) is 4.75. The lowest BCUT2D eigenvalue weighted by Crippen LogP contribution is -2.67. The van der Waals surface area contributed by atoms with E-state index in [0.29, 0.717) is 24.2 Å². The van der Waals surface area contributed by atoms with Crippen LogP contribution in [-0.4, -0.2) is 80.0 Å². The summed E-state index contributed by atoms with van der Waals surface area (Å²) in [6.07, 6.45) is 6.30. The molecule has 15 atom stereocenters. The first-order valence-electron chi connectivity index (χ1n) is 18.0. The summed E-state index contributed by atoms with van der Waals surface area (Å²) < 4.78 is 13.6. The smallest absolute Gasteiger partial charge is 0.109 e. The second kappa shape index (κ2) is 10.9. The van der Waals surface area contributed by atoms with Gasteiger partial charge in [-0.3, -0.25) is 0 Å². The topological polar surface area (TPSA) is 120 Å². The minimum Gasteiger partial charge on any atom is -0.396 e. The molecule has 1 aliphatic heterocycles. The molecule has 1 saturated heterocycles. The zero-order chi connectivity index (χ0) is 32.3. The average Bonchev–Trinajstić information content (AvgIpc) is 3.32. The van der Waals surface area contributed by atoms with Gasteiger partial charge in [-0.05, 0) is 137 Å². The first-order chi connectivity index (χ1) is 20.3. The Kier molecular flexibility index (Phi) is 8.30. The summed E-state index contributed by atoms with van der Waals surface area (Å²) in [5.74, 6) is 0.942. The Morgan fingerprint density at radius 2 is 1.39 bits per heavy atom. The largest absolute Gasteiger partial charge is 0.396 e. The molecule has 0 amide bonds. The van der Waals surface area contributed by atoms with Crippen molar-refractivity contribution in [1.82, 2.24) is 0 Å². The lowest BCUT2D eigenvalue weighted by atomic mass is 9.35. The zero-order valence-corrected chi connectivity index (χ0v) is 28.9. The van der Waals surface area contributed by atoms with Crippen molar-refractivity contribution in [3.63, 3.8) is 0 Å². The molecule has 44 heavy (non-hydrogen) atoms. The molecule has 5 aliphatic carbocycles. The van der Waals surface area contributed by atoms with Gasteiger partial charge in [0.05, 0.1) is 35.6 Å². The fraction of sp³-hybridized carbons (Fsp3) is 1.00. The van der Waals surface area contributed by atoms with Gasteiger partial charge in [-0.1, -0.05) is 34.6 Å². The molecule has 0 aromatic heterocycles. The molecule has 254 valence electrons. The monoisotopic (exact) mass is 620 g/mol. The van der Waals surface area contributed by atoms with Gasteiger partial charge in [-0.2, -0.15) is 0 Å². The summed E-state index contributed by atoms with van der Waals surface area (Å²) in [6.45, 7) is 18.8. The van der Waals surface area contributed by atoms with Gasteiger partial charge in [0.1, 0.15) is 12.2 Å². The van der Waals surface area contributed by atoms with Crippen molar-refractivity contribution < 1.29 is 35.0 Å². The van der Waals surface area contributed by atoms with E-state index in [1.54, 1.807) is 0 Å². The maximum Gasteiger partial charge on any atom is 0.109 e. The van der Waals surface area contributed by atoms with Gasteiger partial charge in [0.25, 0.3) is 0 Å². The van der Waals surface area contributed by atoms with Crippen LogP contribution in [0.3, 0.4) is 0 Å². The zero-order valence-electron chi connectivity index (χ0n) is 28.9. The normalized spacial score (nSPS) is 56.8. The molecule has 6 fully saturated rings. The standard InChI is InChI=1S/C37H64O7/c1-32(2)13-9-14-37(8,44-32)22-10-16-36(7)28(22)23(39)19-26-34(5)15-12-27(33(3,4)25(34)11-17-35(26,36)6)43-24-18-21(20-38)29(40)31(42)30(24)41/h21-31,38-42H,9-20H2,1-8H3. The van der Waals surface area contributed by atoms with Gasteiger partial charge < -0.3 is 35.0 Å². The highest BCUT2D eigenvalue weighted by molar-refractivity contribution is 5.20. The highest BCUT2D eigenvalue weighted by Crippen LogP contribution is 2.76. The molecule has 5 N–H and O–H groups in total. The van der Waals surface area contributed by atoms with Gasteiger partial charge in [0.15, 0.2) is 0 Å². The van der Waals surface area contributed by atoms with Crippen molar-refractivity contribution in [3.8, 4) is 0 Å². The molecule has 0 radical (unpaired) electrons. The van der Waals surface area contributed by atoms with Crippen LogP contribution in [0.2, 0.25) is 0 Å². The van der Waals surface area contributed by atoms with E-state index in [1.807, 2.05) is 0 Å². The first kappa shape index (κ1) is 33.6. The van der Waals surface area contributed by atoms with Crippen LogP contribution in [0.1, 0.15) is 126 Å². The molecule has 5 saturated carbocycles. The van der Waals surface area contributed by atoms with E-state index in [2.05, 4.69) is 55.4 Å². The van der Waals surface area contributed by atoms with Crippen LogP contribution < -0.4 is 0 Å². The second-order valence-corrected chi connectivity index (χ2v) is 18.7. The minimum atomic E-state index is -1.32. The first-order valence-corrected chi connectivity index (χ1v) is 18.0. The van der Waals surface area contributed by atoms with Crippen LogP contribution in [0.4, 0.5) is 0 Å². The molecule has 6 aliphatic rings. The van der Waals surface area contributed by atoms with E-state index in [4.69, 9.17) is 9.47 Å². The molecule has 0 aromatic rings.